The van der Waals surface area contributed by atoms with E-state index in [0.717, 1.165) is 11.1 Å². The van der Waals surface area contributed by atoms with Crippen molar-refractivity contribution in [2.75, 3.05) is 0 Å². The number of sulfone groups is 1. The molecule has 0 bridgehead atoms. The van der Waals surface area contributed by atoms with Crippen LogP contribution < -0.4 is 0 Å². The van der Waals surface area contributed by atoms with Gasteiger partial charge in [-0.25, -0.2) is 8.42 Å². The highest BCUT2D eigenvalue weighted by molar-refractivity contribution is 7.95. The van der Waals surface area contributed by atoms with Gasteiger partial charge in [-0.15, -0.1) is 0 Å². The van der Waals surface area contributed by atoms with E-state index < -0.39 is 14.7 Å². The molecule has 0 saturated heterocycles. The normalized spacial score (nSPS) is 12.7. The van der Waals surface area contributed by atoms with E-state index in [-0.39, 0.29) is 9.93 Å². The first kappa shape index (κ1) is 17.0. The molecular weight excluding hydrogens is 330 g/mol. The van der Waals surface area contributed by atoms with Crippen molar-refractivity contribution in [3.63, 3.8) is 0 Å². The summed E-state index contributed by atoms with van der Waals surface area (Å²) in [6.45, 7) is 1.86. The zero-order valence-electron chi connectivity index (χ0n) is 12.4. The van der Waals surface area contributed by atoms with Crippen LogP contribution in [0.3, 0.4) is 0 Å². The van der Waals surface area contributed by atoms with Gasteiger partial charge in [-0.2, -0.15) is 5.26 Å². The fourth-order valence-corrected chi connectivity index (χ4v) is 3.34. The molecule has 0 radical (unpaired) electrons. The Hall–Kier alpha value is -2.35. The van der Waals surface area contributed by atoms with Crippen LogP contribution in [0.4, 0.5) is 0 Å². The van der Waals surface area contributed by atoms with Crippen molar-refractivity contribution in [2.24, 2.45) is 0 Å². The van der Waals surface area contributed by atoms with Crippen LogP contribution in [0.5, 0.6) is 0 Å². The minimum Gasteiger partial charge on any atom is -0.218 e. The van der Waals surface area contributed by atoms with Crippen molar-refractivity contribution in [3.8, 4) is 6.07 Å². The number of hydrogen-bond acceptors (Lipinski definition) is 3. The van der Waals surface area contributed by atoms with Crippen molar-refractivity contribution in [3.05, 3.63) is 81.7 Å². The Labute approximate surface area is 141 Å². The van der Waals surface area contributed by atoms with Gasteiger partial charge in [-0.1, -0.05) is 59.6 Å². The van der Waals surface area contributed by atoms with Gasteiger partial charge in [0.05, 0.1) is 4.90 Å². The van der Waals surface area contributed by atoms with Gasteiger partial charge < -0.3 is 0 Å². The summed E-state index contributed by atoms with van der Waals surface area (Å²) >= 11 is 6.08. The lowest BCUT2D eigenvalue weighted by Gasteiger charge is -2.03. The van der Waals surface area contributed by atoms with Crippen molar-refractivity contribution >= 4 is 27.5 Å². The van der Waals surface area contributed by atoms with Gasteiger partial charge in [-0.3, -0.25) is 0 Å². The number of halogens is 1. The molecular formula is C18H14ClNO2S. The highest BCUT2D eigenvalue weighted by atomic mass is 35.5. The number of aryl methyl sites for hydroxylation is 1. The quantitative estimate of drug-likeness (QED) is 0.608. The summed E-state index contributed by atoms with van der Waals surface area (Å²) in [6.07, 6.45) is 2.77. The molecule has 0 aliphatic rings. The van der Waals surface area contributed by atoms with E-state index >= 15 is 0 Å². The third-order valence-corrected chi connectivity index (χ3v) is 5.00. The van der Waals surface area contributed by atoms with Gasteiger partial charge >= 0.3 is 0 Å². The molecule has 0 N–H and O–H groups in total. The Morgan fingerprint density at radius 2 is 1.70 bits per heavy atom. The third kappa shape index (κ3) is 4.32. The second kappa shape index (κ2) is 7.28. The van der Waals surface area contributed by atoms with Gasteiger partial charge in [0.15, 0.2) is 4.91 Å². The summed E-state index contributed by atoms with van der Waals surface area (Å²) in [6, 6.07) is 17.2. The van der Waals surface area contributed by atoms with E-state index in [1.807, 2.05) is 37.3 Å². The van der Waals surface area contributed by atoms with Crippen molar-refractivity contribution in [1.82, 2.24) is 0 Å². The lowest BCUT2D eigenvalue weighted by atomic mass is 10.2. The Morgan fingerprint density at radius 3 is 2.26 bits per heavy atom. The summed E-state index contributed by atoms with van der Waals surface area (Å²) in [5.41, 5.74) is 1.76. The molecule has 0 heterocycles. The first-order chi connectivity index (χ1) is 10.9. The smallest absolute Gasteiger partial charge is 0.216 e. The summed E-state index contributed by atoms with van der Waals surface area (Å²) in [4.78, 5) is -0.321. The number of nitriles is 1. The standard InChI is InChI=1S/C18H14ClNO2S/c1-14-7-9-17(10-8-14)23(21,22)18(13-20)12-16(19)11-15-5-3-2-4-6-15/h2-12H,1H3/b16-11-,18-12+. The molecule has 2 aromatic carbocycles. The fraction of sp³-hybridized carbons (Fsp3) is 0.0556. The number of allylic oxidation sites excluding steroid dienone is 3. The number of benzene rings is 2. The Bertz CT molecular complexity index is 890. The van der Waals surface area contributed by atoms with E-state index in [1.165, 1.54) is 18.2 Å². The fourth-order valence-electron chi connectivity index (χ4n) is 1.89. The predicted molar refractivity (Wildman–Crippen MR) is 92.3 cm³/mol. The molecule has 0 spiro atoms. The van der Waals surface area contributed by atoms with E-state index in [2.05, 4.69) is 0 Å². The zero-order valence-corrected chi connectivity index (χ0v) is 14.0. The zero-order chi connectivity index (χ0) is 16.9. The van der Waals surface area contributed by atoms with Crippen LogP contribution in [0.15, 0.2) is 75.5 Å². The molecule has 23 heavy (non-hydrogen) atoms. The number of nitrogens with zero attached hydrogens (tertiary/aromatic N) is 1. The van der Waals surface area contributed by atoms with Crippen LogP contribution in [0.1, 0.15) is 11.1 Å². The lowest BCUT2D eigenvalue weighted by Crippen LogP contribution is -2.03. The highest BCUT2D eigenvalue weighted by Crippen LogP contribution is 2.22. The Kier molecular flexibility index (Phi) is 5.38. The summed E-state index contributed by atoms with van der Waals surface area (Å²) in [5, 5.41) is 9.38. The van der Waals surface area contributed by atoms with Crippen LogP contribution in [0, 0.1) is 18.3 Å². The van der Waals surface area contributed by atoms with Gasteiger partial charge in [0.2, 0.25) is 9.84 Å². The van der Waals surface area contributed by atoms with Gasteiger partial charge in [-0.05, 0) is 36.8 Å². The van der Waals surface area contributed by atoms with Crippen LogP contribution in [0.25, 0.3) is 6.08 Å². The molecule has 3 nitrogen and oxygen atoms in total. The molecule has 0 atom stereocenters. The molecule has 0 aromatic heterocycles. The largest absolute Gasteiger partial charge is 0.218 e. The van der Waals surface area contributed by atoms with Gasteiger partial charge in [0.25, 0.3) is 0 Å². The number of hydrogen-bond donors (Lipinski definition) is 0. The first-order valence-electron chi connectivity index (χ1n) is 6.79. The molecule has 0 aliphatic heterocycles. The average molecular weight is 344 g/mol. The lowest BCUT2D eigenvalue weighted by molar-refractivity contribution is 0.603. The summed E-state index contributed by atoms with van der Waals surface area (Å²) < 4.78 is 25.0. The Morgan fingerprint density at radius 1 is 1.09 bits per heavy atom. The molecule has 2 aromatic rings. The minimum atomic E-state index is -3.88. The molecule has 116 valence electrons. The van der Waals surface area contributed by atoms with Crippen LogP contribution in [-0.4, -0.2) is 8.42 Å². The van der Waals surface area contributed by atoms with E-state index in [4.69, 9.17) is 11.6 Å². The van der Waals surface area contributed by atoms with Crippen LogP contribution >= 0.6 is 11.6 Å². The molecule has 0 amide bonds. The average Bonchev–Trinajstić information content (AvgIpc) is 2.53. The van der Waals surface area contributed by atoms with E-state index in [1.54, 1.807) is 24.3 Å². The molecule has 2 rings (SSSR count). The number of rotatable bonds is 4. The van der Waals surface area contributed by atoms with Crippen molar-refractivity contribution in [1.29, 1.82) is 5.26 Å². The maximum atomic E-state index is 12.5. The van der Waals surface area contributed by atoms with Crippen LogP contribution in [-0.2, 0) is 9.84 Å². The molecule has 0 fully saturated rings. The topological polar surface area (TPSA) is 57.9 Å². The minimum absolute atomic E-state index is 0.0695. The van der Waals surface area contributed by atoms with E-state index in [0.29, 0.717) is 0 Å². The molecule has 0 aliphatic carbocycles. The van der Waals surface area contributed by atoms with Crippen LogP contribution in [0.2, 0.25) is 0 Å². The summed E-state index contributed by atoms with van der Waals surface area (Å²) in [7, 11) is -3.88. The van der Waals surface area contributed by atoms with Gasteiger partial charge in [0, 0.05) is 5.03 Å². The molecule has 0 unspecified atom stereocenters. The third-order valence-electron chi connectivity index (χ3n) is 3.10. The molecule has 5 heteroatoms. The maximum Gasteiger partial charge on any atom is 0.216 e. The predicted octanol–water partition coefficient (Wildman–Crippen LogP) is 4.46. The molecule has 0 saturated carbocycles. The van der Waals surface area contributed by atoms with Gasteiger partial charge in [0.1, 0.15) is 6.07 Å². The highest BCUT2D eigenvalue weighted by Gasteiger charge is 2.20. The summed E-state index contributed by atoms with van der Waals surface area (Å²) in [5.74, 6) is 0. The van der Waals surface area contributed by atoms with Crippen molar-refractivity contribution < 1.29 is 8.42 Å². The maximum absolute atomic E-state index is 12.5. The Balaban J connectivity index is 2.40. The SMILES string of the molecule is Cc1ccc(S(=O)(=O)/C(C#N)=C/C(Cl)=C/c2ccccc2)cc1. The van der Waals surface area contributed by atoms with E-state index in [9.17, 15) is 13.7 Å². The second-order valence-corrected chi connectivity index (χ2v) is 7.23. The second-order valence-electron chi connectivity index (χ2n) is 4.88. The monoisotopic (exact) mass is 343 g/mol. The van der Waals surface area contributed by atoms with Crippen molar-refractivity contribution in [2.45, 2.75) is 11.8 Å². The first-order valence-corrected chi connectivity index (χ1v) is 8.65.